The molecule has 0 amide bonds. The summed E-state index contributed by atoms with van der Waals surface area (Å²) < 4.78 is 34.5. The Labute approximate surface area is 80.1 Å². The highest BCUT2D eigenvalue weighted by Crippen LogP contribution is 2.39. The molecule has 0 bridgehead atoms. The summed E-state index contributed by atoms with van der Waals surface area (Å²) in [5.74, 6) is -1.76. The maximum Gasteiger partial charge on any atom is 0.298 e. The van der Waals surface area contributed by atoms with E-state index in [1.54, 1.807) is 0 Å². The number of hydrogen-bond donors (Lipinski definition) is 3. The first-order chi connectivity index (χ1) is 6.38. The zero-order valence-electron chi connectivity index (χ0n) is 7.13. The predicted molar refractivity (Wildman–Crippen MR) is 46.1 cm³/mol. The molecule has 1 aromatic rings. The highest BCUT2D eigenvalue weighted by molar-refractivity contribution is 7.86. The molecule has 0 saturated heterocycles. The van der Waals surface area contributed by atoms with Crippen LogP contribution in [0.3, 0.4) is 0 Å². The number of phenols is 2. The second-order valence-electron chi connectivity index (χ2n) is 2.44. The second-order valence-corrected chi connectivity index (χ2v) is 3.83. The Balaban J connectivity index is 3.47. The van der Waals surface area contributed by atoms with Crippen LogP contribution >= 0.6 is 0 Å². The SMILES string of the molecule is COc1ccc(S(=O)(=O)O)c(O)c1O. The minimum Gasteiger partial charge on any atom is -0.503 e. The van der Waals surface area contributed by atoms with Gasteiger partial charge in [0.05, 0.1) is 7.11 Å². The van der Waals surface area contributed by atoms with Gasteiger partial charge in [0.25, 0.3) is 10.1 Å². The van der Waals surface area contributed by atoms with E-state index in [0.29, 0.717) is 0 Å². The van der Waals surface area contributed by atoms with Gasteiger partial charge in [-0.1, -0.05) is 0 Å². The quantitative estimate of drug-likeness (QED) is 0.490. The van der Waals surface area contributed by atoms with Crippen LogP contribution in [0.25, 0.3) is 0 Å². The summed E-state index contributed by atoms with van der Waals surface area (Å²) >= 11 is 0. The summed E-state index contributed by atoms with van der Waals surface area (Å²) in [7, 11) is -3.31. The number of hydrogen-bond acceptors (Lipinski definition) is 5. The number of ether oxygens (including phenoxy) is 1. The van der Waals surface area contributed by atoms with Gasteiger partial charge < -0.3 is 14.9 Å². The van der Waals surface area contributed by atoms with Crippen LogP contribution in [0.1, 0.15) is 0 Å². The molecule has 0 aromatic heterocycles. The van der Waals surface area contributed by atoms with Crippen molar-refractivity contribution < 1.29 is 27.9 Å². The molecule has 1 rings (SSSR count). The number of aromatic hydroxyl groups is 2. The van der Waals surface area contributed by atoms with E-state index in [9.17, 15) is 18.6 Å². The van der Waals surface area contributed by atoms with E-state index in [2.05, 4.69) is 4.74 Å². The summed E-state index contributed by atoms with van der Waals surface area (Å²) in [6.45, 7) is 0. The summed E-state index contributed by atoms with van der Waals surface area (Å²) in [6.07, 6.45) is 0. The maximum absolute atomic E-state index is 10.6. The van der Waals surface area contributed by atoms with Crippen LogP contribution in [0.2, 0.25) is 0 Å². The molecule has 6 nitrogen and oxygen atoms in total. The van der Waals surface area contributed by atoms with Crippen molar-refractivity contribution in [3.05, 3.63) is 12.1 Å². The topological polar surface area (TPSA) is 104 Å². The van der Waals surface area contributed by atoms with Crippen molar-refractivity contribution in [1.82, 2.24) is 0 Å². The van der Waals surface area contributed by atoms with E-state index >= 15 is 0 Å². The third-order valence-corrected chi connectivity index (χ3v) is 2.46. The second kappa shape index (κ2) is 3.35. The van der Waals surface area contributed by atoms with Crippen LogP contribution < -0.4 is 4.74 Å². The first kappa shape index (κ1) is 10.6. The number of methoxy groups -OCH3 is 1. The van der Waals surface area contributed by atoms with Crippen molar-refractivity contribution in [3.63, 3.8) is 0 Å². The smallest absolute Gasteiger partial charge is 0.298 e. The zero-order valence-corrected chi connectivity index (χ0v) is 7.95. The Morgan fingerprint density at radius 3 is 2.21 bits per heavy atom. The van der Waals surface area contributed by atoms with Gasteiger partial charge in [0.15, 0.2) is 11.5 Å². The minimum atomic E-state index is -4.55. The summed E-state index contributed by atoms with van der Waals surface area (Å²) in [4.78, 5) is -0.768. The average Bonchev–Trinajstić information content (AvgIpc) is 2.07. The van der Waals surface area contributed by atoms with Crippen LogP contribution in [0, 0.1) is 0 Å². The Morgan fingerprint density at radius 2 is 1.79 bits per heavy atom. The van der Waals surface area contributed by atoms with Gasteiger partial charge in [-0.25, -0.2) is 0 Å². The van der Waals surface area contributed by atoms with Crippen LogP contribution in [0.5, 0.6) is 17.2 Å². The average molecular weight is 220 g/mol. The molecular weight excluding hydrogens is 212 g/mol. The van der Waals surface area contributed by atoms with Crippen LogP contribution in [-0.4, -0.2) is 30.3 Å². The number of benzene rings is 1. The third kappa shape index (κ3) is 1.73. The van der Waals surface area contributed by atoms with E-state index in [1.165, 1.54) is 7.11 Å². The van der Waals surface area contributed by atoms with Crippen molar-refractivity contribution in [1.29, 1.82) is 0 Å². The molecule has 14 heavy (non-hydrogen) atoms. The number of rotatable bonds is 2. The van der Waals surface area contributed by atoms with Gasteiger partial charge in [-0.2, -0.15) is 8.42 Å². The van der Waals surface area contributed by atoms with Gasteiger partial charge in [0, 0.05) is 0 Å². The van der Waals surface area contributed by atoms with E-state index in [0.717, 1.165) is 12.1 Å². The molecule has 1 aromatic carbocycles. The minimum absolute atomic E-state index is 0.0881. The Hall–Kier alpha value is -1.47. The van der Waals surface area contributed by atoms with Gasteiger partial charge >= 0.3 is 0 Å². The highest BCUT2D eigenvalue weighted by atomic mass is 32.2. The molecule has 0 spiro atoms. The molecule has 7 heteroatoms. The Bertz CT molecular complexity index is 449. The van der Waals surface area contributed by atoms with Gasteiger partial charge in [-0.3, -0.25) is 4.55 Å². The lowest BCUT2D eigenvalue weighted by molar-refractivity contribution is 0.344. The number of phenolic OH excluding ortho intramolecular Hbond substituents is 2. The first-order valence-corrected chi connectivity index (χ1v) is 4.88. The summed E-state index contributed by atoms with van der Waals surface area (Å²) in [6, 6.07) is 2.03. The molecule has 3 N–H and O–H groups in total. The van der Waals surface area contributed by atoms with Crippen LogP contribution in [-0.2, 0) is 10.1 Å². The first-order valence-electron chi connectivity index (χ1n) is 3.44. The van der Waals surface area contributed by atoms with E-state index in [4.69, 9.17) is 4.55 Å². The Kier molecular flexibility index (Phi) is 2.54. The normalized spacial score (nSPS) is 11.3. The molecule has 0 heterocycles. The van der Waals surface area contributed by atoms with Gasteiger partial charge in [-0.05, 0) is 12.1 Å². The van der Waals surface area contributed by atoms with Gasteiger partial charge in [0.2, 0.25) is 5.75 Å². The standard InChI is InChI=1S/C7H8O6S/c1-13-4-2-3-5(14(10,11)12)7(9)6(4)8/h2-3,8-9H,1H3,(H,10,11,12). The van der Waals surface area contributed by atoms with Crippen LogP contribution in [0.15, 0.2) is 17.0 Å². The van der Waals surface area contributed by atoms with Crippen molar-refractivity contribution in [3.8, 4) is 17.2 Å². The van der Waals surface area contributed by atoms with Gasteiger partial charge in [0.1, 0.15) is 4.90 Å². The largest absolute Gasteiger partial charge is 0.503 e. The molecule has 0 aliphatic rings. The maximum atomic E-state index is 10.6. The third-order valence-electron chi connectivity index (χ3n) is 1.57. The monoisotopic (exact) mass is 220 g/mol. The molecule has 0 unspecified atom stereocenters. The van der Waals surface area contributed by atoms with Crippen molar-refractivity contribution in [2.24, 2.45) is 0 Å². The van der Waals surface area contributed by atoms with E-state index < -0.39 is 26.5 Å². The lowest BCUT2D eigenvalue weighted by atomic mass is 10.3. The predicted octanol–water partition coefficient (Wildman–Crippen LogP) is 0.353. The fraction of sp³-hybridized carbons (Fsp3) is 0.143. The fourth-order valence-corrected chi connectivity index (χ4v) is 1.50. The van der Waals surface area contributed by atoms with E-state index in [-0.39, 0.29) is 5.75 Å². The molecule has 78 valence electrons. The molecule has 0 fully saturated rings. The fourth-order valence-electron chi connectivity index (χ4n) is 0.916. The van der Waals surface area contributed by atoms with Gasteiger partial charge in [-0.15, -0.1) is 0 Å². The van der Waals surface area contributed by atoms with Crippen LogP contribution in [0.4, 0.5) is 0 Å². The lowest BCUT2D eigenvalue weighted by Crippen LogP contribution is -1.99. The van der Waals surface area contributed by atoms with E-state index in [1.807, 2.05) is 0 Å². The molecule has 0 atom stereocenters. The van der Waals surface area contributed by atoms with Crippen molar-refractivity contribution in [2.45, 2.75) is 4.90 Å². The van der Waals surface area contributed by atoms with Crippen molar-refractivity contribution >= 4 is 10.1 Å². The summed E-state index contributed by atoms with van der Waals surface area (Å²) in [5, 5.41) is 18.4. The zero-order chi connectivity index (χ0) is 10.9. The Morgan fingerprint density at radius 1 is 1.21 bits per heavy atom. The highest BCUT2D eigenvalue weighted by Gasteiger charge is 2.20. The molecular formula is C7H8O6S. The molecule has 0 saturated carbocycles. The molecule has 0 aliphatic carbocycles. The summed E-state index contributed by atoms with van der Waals surface area (Å²) in [5.41, 5.74) is 0. The molecule has 0 aliphatic heterocycles. The molecule has 0 radical (unpaired) electrons. The lowest BCUT2D eigenvalue weighted by Gasteiger charge is -2.07. The van der Waals surface area contributed by atoms with Crippen molar-refractivity contribution in [2.75, 3.05) is 7.11 Å².